The number of nitrogens with one attached hydrogen (secondary N) is 1. The van der Waals surface area contributed by atoms with Crippen molar-refractivity contribution < 1.29 is 4.42 Å². The van der Waals surface area contributed by atoms with E-state index >= 15 is 0 Å². The molecule has 19 heavy (non-hydrogen) atoms. The minimum absolute atomic E-state index is 0.211. The highest BCUT2D eigenvalue weighted by Crippen LogP contribution is 2.16. The van der Waals surface area contributed by atoms with Crippen molar-refractivity contribution in [3.05, 3.63) is 45.9 Å². The topological polar surface area (TPSA) is 74.2 Å². The second-order valence-electron chi connectivity index (χ2n) is 3.68. The van der Waals surface area contributed by atoms with E-state index in [2.05, 4.69) is 31.4 Å². The normalized spacial score (nSPS) is 10.6. The van der Waals surface area contributed by atoms with Crippen molar-refractivity contribution in [1.29, 1.82) is 5.26 Å². The van der Waals surface area contributed by atoms with E-state index in [1.807, 2.05) is 37.3 Å². The summed E-state index contributed by atoms with van der Waals surface area (Å²) in [5.41, 5.74) is 3.83. The smallest absolute Gasteiger partial charge is 0.252 e. The van der Waals surface area contributed by atoms with Gasteiger partial charge >= 0.3 is 0 Å². The van der Waals surface area contributed by atoms with E-state index < -0.39 is 0 Å². The van der Waals surface area contributed by atoms with E-state index in [9.17, 15) is 0 Å². The number of nitrogens with zero attached hydrogens (tertiary/aromatic N) is 3. The molecule has 0 fully saturated rings. The van der Waals surface area contributed by atoms with Gasteiger partial charge in [-0.1, -0.05) is 35.0 Å². The molecule has 0 radical (unpaired) electrons. The number of hydrogen-bond donors (Lipinski definition) is 1. The summed E-state index contributed by atoms with van der Waals surface area (Å²) in [6, 6.07) is 9.65. The number of benzene rings is 1. The maximum absolute atomic E-state index is 8.91. The number of anilines is 1. The Morgan fingerprint density at radius 3 is 3.11 bits per heavy atom. The Hall–Kier alpha value is -2.13. The maximum atomic E-state index is 8.91. The van der Waals surface area contributed by atoms with Gasteiger partial charge in [0.25, 0.3) is 5.88 Å². The van der Waals surface area contributed by atoms with Gasteiger partial charge in [0.15, 0.2) is 5.89 Å². The quantitative estimate of drug-likeness (QED) is 0.693. The SMILES string of the molecule is CCc1nc(C#N)c(N/N=C/c2cccc(Br)c2)o1. The summed E-state index contributed by atoms with van der Waals surface area (Å²) in [6.07, 6.45) is 2.27. The fourth-order valence-electron chi connectivity index (χ4n) is 1.42. The molecular formula is C13H11BrN4O. The highest BCUT2D eigenvalue weighted by molar-refractivity contribution is 9.10. The predicted octanol–water partition coefficient (Wildman–Crippen LogP) is 3.32. The zero-order chi connectivity index (χ0) is 13.7. The third-order valence-corrected chi connectivity index (χ3v) is 2.80. The second-order valence-corrected chi connectivity index (χ2v) is 4.59. The molecule has 0 amide bonds. The Bertz CT molecular complexity index is 642. The molecule has 0 unspecified atom stereocenters. The number of halogens is 1. The lowest BCUT2D eigenvalue weighted by Crippen LogP contribution is -1.91. The molecule has 5 nitrogen and oxygen atoms in total. The van der Waals surface area contributed by atoms with Crippen LogP contribution in [0.15, 0.2) is 38.3 Å². The molecule has 0 aliphatic heterocycles. The first kappa shape index (κ1) is 13.3. The fourth-order valence-corrected chi connectivity index (χ4v) is 1.84. The molecule has 2 rings (SSSR count). The lowest BCUT2D eigenvalue weighted by molar-refractivity contribution is 0.513. The number of oxazole rings is 1. The Balaban J connectivity index is 2.10. The number of nitriles is 1. The summed E-state index contributed by atoms with van der Waals surface area (Å²) in [7, 11) is 0. The van der Waals surface area contributed by atoms with Crippen molar-refractivity contribution in [3.63, 3.8) is 0 Å². The summed E-state index contributed by atoms with van der Waals surface area (Å²) in [5, 5.41) is 12.9. The van der Waals surface area contributed by atoms with Gasteiger partial charge in [0, 0.05) is 10.9 Å². The maximum Gasteiger partial charge on any atom is 0.252 e. The predicted molar refractivity (Wildman–Crippen MR) is 76.0 cm³/mol. The Labute approximate surface area is 119 Å². The summed E-state index contributed by atoms with van der Waals surface area (Å²) in [6.45, 7) is 1.90. The van der Waals surface area contributed by atoms with Crippen molar-refractivity contribution in [2.75, 3.05) is 5.43 Å². The van der Waals surface area contributed by atoms with Gasteiger partial charge in [-0.15, -0.1) is 0 Å². The Kier molecular flexibility index (Phi) is 4.31. The molecule has 96 valence electrons. The van der Waals surface area contributed by atoms with Crippen molar-refractivity contribution in [2.24, 2.45) is 5.10 Å². The Morgan fingerprint density at radius 1 is 1.58 bits per heavy atom. The van der Waals surface area contributed by atoms with Crippen LogP contribution in [0.25, 0.3) is 0 Å². The van der Waals surface area contributed by atoms with Crippen LogP contribution in [0.5, 0.6) is 0 Å². The van der Waals surface area contributed by atoms with Gasteiger partial charge in [0.1, 0.15) is 6.07 Å². The van der Waals surface area contributed by atoms with Crippen LogP contribution in [0.1, 0.15) is 24.1 Å². The molecule has 0 spiro atoms. The van der Waals surface area contributed by atoms with Gasteiger partial charge in [-0.05, 0) is 17.7 Å². The molecule has 0 atom stereocenters. The number of hydrogen-bond acceptors (Lipinski definition) is 5. The van der Waals surface area contributed by atoms with Gasteiger partial charge in [0.05, 0.1) is 6.21 Å². The average Bonchev–Trinajstić information content (AvgIpc) is 2.81. The monoisotopic (exact) mass is 318 g/mol. The molecule has 1 heterocycles. The summed E-state index contributed by atoms with van der Waals surface area (Å²) in [4.78, 5) is 4.02. The third-order valence-electron chi connectivity index (χ3n) is 2.31. The van der Waals surface area contributed by atoms with Crippen LogP contribution in [0.4, 0.5) is 5.88 Å². The van der Waals surface area contributed by atoms with Crippen LogP contribution < -0.4 is 5.43 Å². The highest BCUT2D eigenvalue weighted by Gasteiger charge is 2.10. The van der Waals surface area contributed by atoms with Crippen molar-refractivity contribution in [2.45, 2.75) is 13.3 Å². The minimum Gasteiger partial charge on any atom is -0.422 e. The van der Waals surface area contributed by atoms with Gasteiger partial charge in [-0.25, -0.2) is 10.4 Å². The molecule has 0 aliphatic rings. The lowest BCUT2D eigenvalue weighted by atomic mass is 10.2. The van der Waals surface area contributed by atoms with E-state index in [1.165, 1.54) is 0 Å². The van der Waals surface area contributed by atoms with E-state index in [0.29, 0.717) is 12.3 Å². The Morgan fingerprint density at radius 2 is 2.42 bits per heavy atom. The van der Waals surface area contributed by atoms with Crippen LogP contribution in [0.3, 0.4) is 0 Å². The fraction of sp³-hybridized carbons (Fsp3) is 0.154. The minimum atomic E-state index is 0.211. The number of hydrazone groups is 1. The van der Waals surface area contributed by atoms with Gasteiger partial charge in [0.2, 0.25) is 5.69 Å². The standard InChI is InChI=1S/C13H11BrN4O/c1-2-12-17-11(7-15)13(19-12)18-16-8-9-4-3-5-10(14)6-9/h3-6,8,18H,2H2,1H3/b16-8+. The highest BCUT2D eigenvalue weighted by atomic mass is 79.9. The van der Waals surface area contributed by atoms with E-state index in [1.54, 1.807) is 6.21 Å². The lowest BCUT2D eigenvalue weighted by Gasteiger charge is -1.95. The first-order valence-electron chi connectivity index (χ1n) is 5.67. The van der Waals surface area contributed by atoms with Crippen LogP contribution in [0.2, 0.25) is 0 Å². The summed E-state index contributed by atoms with van der Waals surface area (Å²) >= 11 is 3.38. The van der Waals surface area contributed by atoms with Crippen LogP contribution in [-0.2, 0) is 6.42 Å². The first-order valence-corrected chi connectivity index (χ1v) is 6.46. The molecule has 0 saturated carbocycles. The molecule has 0 aliphatic carbocycles. The molecule has 2 aromatic rings. The van der Waals surface area contributed by atoms with Crippen molar-refractivity contribution in [1.82, 2.24) is 4.98 Å². The summed E-state index contributed by atoms with van der Waals surface area (Å²) < 4.78 is 6.32. The molecule has 6 heteroatoms. The van der Waals surface area contributed by atoms with Crippen LogP contribution in [0, 0.1) is 11.3 Å². The van der Waals surface area contributed by atoms with E-state index in [4.69, 9.17) is 9.68 Å². The molecule has 1 aromatic carbocycles. The molecule has 0 saturated heterocycles. The molecule has 0 bridgehead atoms. The number of rotatable bonds is 4. The largest absolute Gasteiger partial charge is 0.422 e. The zero-order valence-corrected chi connectivity index (χ0v) is 11.8. The zero-order valence-electron chi connectivity index (χ0n) is 10.2. The molecular weight excluding hydrogens is 308 g/mol. The number of aromatic nitrogens is 1. The van der Waals surface area contributed by atoms with Crippen molar-refractivity contribution in [3.8, 4) is 6.07 Å². The average molecular weight is 319 g/mol. The third kappa shape index (κ3) is 3.42. The number of aryl methyl sites for hydroxylation is 1. The summed E-state index contributed by atoms with van der Waals surface area (Å²) in [5.74, 6) is 0.780. The van der Waals surface area contributed by atoms with Crippen molar-refractivity contribution >= 4 is 28.0 Å². The van der Waals surface area contributed by atoms with E-state index in [0.717, 1.165) is 10.0 Å². The van der Waals surface area contributed by atoms with Gasteiger partial charge in [-0.2, -0.15) is 10.4 Å². The van der Waals surface area contributed by atoms with Crippen LogP contribution in [-0.4, -0.2) is 11.2 Å². The van der Waals surface area contributed by atoms with Gasteiger partial charge in [-0.3, -0.25) is 0 Å². The molecule has 1 N–H and O–H groups in total. The van der Waals surface area contributed by atoms with E-state index in [-0.39, 0.29) is 11.6 Å². The molecule has 1 aromatic heterocycles. The van der Waals surface area contributed by atoms with Gasteiger partial charge < -0.3 is 4.42 Å². The van der Waals surface area contributed by atoms with Crippen LogP contribution >= 0.6 is 15.9 Å². The first-order chi connectivity index (χ1) is 9.22. The second kappa shape index (κ2) is 6.16.